The molecule has 2 heterocycles. The number of thiophene rings is 1. The second-order valence-electron chi connectivity index (χ2n) is 4.55. The van der Waals surface area contributed by atoms with Gasteiger partial charge in [-0.1, -0.05) is 6.07 Å². The van der Waals surface area contributed by atoms with Gasteiger partial charge in [0.1, 0.15) is 0 Å². The van der Waals surface area contributed by atoms with Crippen LogP contribution in [0.5, 0.6) is 0 Å². The van der Waals surface area contributed by atoms with E-state index >= 15 is 0 Å². The van der Waals surface area contributed by atoms with Gasteiger partial charge in [0, 0.05) is 16.8 Å². The van der Waals surface area contributed by atoms with Crippen molar-refractivity contribution in [2.45, 2.75) is 33.4 Å². The molecule has 0 aromatic carbocycles. The Morgan fingerprint density at radius 1 is 1.43 bits per heavy atom. The lowest BCUT2D eigenvalue weighted by Crippen LogP contribution is -2.38. The molecule has 0 bridgehead atoms. The molecule has 0 saturated heterocycles. The van der Waals surface area contributed by atoms with Crippen LogP contribution in [0.1, 0.15) is 33.4 Å². The minimum Gasteiger partial charge on any atom is -0.351 e. The van der Waals surface area contributed by atoms with Crippen molar-refractivity contribution in [2.75, 3.05) is 7.05 Å². The Kier molecular flexibility index (Phi) is 7.61. The van der Waals surface area contributed by atoms with Crippen molar-refractivity contribution in [2.24, 2.45) is 4.99 Å². The molecule has 0 saturated carbocycles. The van der Waals surface area contributed by atoms with Crippen LogP contribution < -0.4 is 10.6 Å². The normalized spacial score (nSPS) is 12.7. The molecule has 2 rings (SSSR count). The Bertz CT molecular complexity index is 578. The maximum absolute atomic E-state index is 4.44. The first kappa shape index (κ1) is 18.4. The number of hydrogen-bond donors (Lipinski definition) is 2. The number of aliphatic imine (C=N–C) groups is 1. The van der Waals surface area contributed by atoms with Crippen LogP contribution in [0.2, 0.25) is 0 Å². The van der Waals surface area contributed by atoms with E-state index in [1.165, 1.54) is 9.75 Å². The third-order valence-corrected chi connectivity index (χ3v) is 5.09. The summed E-state index contributed by atoms with van der Waals surface area (Å²) in [6.45, 7) is 6.98. The summed E-state index contributed by atoms with van der Waals surface area (Å²) >= 11 is 3.48. The predicted octanol–water partition coefficient (Wildman–Crippen LogP) is 3.87. The predicted molar refractivity (Wildman–Crippen MR) is 103 cm³/mol. The molecule has 116 valence electrons. The van der Waals surface area contributed by atoms with Gasteiger partial charge in [-0.05, 0) is 32.2 Å². The van der Waals surface area contributed by atoms with Crippen LogP contribution in [0.15, 0.2) is 22.5 Å². The van der Waals surface area contributed by atoms with Crippen LogP contribution in [0.4, 0.5) is 0 Å². The molecule has 0 fully saturated rings. The highest BCUT2D eigenvalue weighted by molar-refractivity contribution is 14.0. The van der Waals surface area contributed by atoms with Crippen molar-refractivity contribution in [3.63, 3.8) is 0 Å². The summed E-state index contributed by atoms with van der Waals surface area (Å²) < 4.78 is 0. The van der Waals surface area contributed by atoms with Crippen molar-refractivity contribution in [1.29, 1.82) is 0 Å². The SMILES string of the molecule is CN=C(NCc1sc(C)nc1C)NC(C)c1cccs1.I. The summed E-state index contributed by atoms with van der Waals surface area (Å²) in [6, 6.07) is 4.45. The number of guanidine groups is 1. The largest absolute Gasteiger partial charge is 0.351 e. The molecule has 21 heavy (non-hydrogen) atoms. The lowest BCUT2D eigenvalue weighted by Gasteiger charge is -2.16. The highest BCUT2D eigenvalue weighted by Crippen LogP contribution is 2.18. The maximum atomic E-state index is 4.44. The second kappa shape index (κ2) is 8.70. The fourth-order valence-corrected chi connectivity index (χ4v) is 3.52. The molecular weight excluding hydrogens is 415 g/mol. The summed E-state index contributed by atoms with van der Waals surface area (Å²) in [4.78, 5) is 11.3. The third kappa shape index (κ3) is 5.23. The first-order valence-corrected chi connectivity index (χ1v) is 8.23. The van der Waals surface area contributed by atoms with E-state index in [1.54, 1.807) is 29.7 Å². The first-order valence-electron chi connectivity index (χ1n) is 6.53. The van der Waals surface area contributed by atoms with Gasteiger partial charge >= 0.3 is 0 Å². The Hall–Kier alpha value is -0.670. The number of nitrogens with zero attached hydrogens (tertiary/aromatic N) is 2. The van der Waals surface area contributed by atoms with Gasteiger partial charge in [0.15, 0.2) is 5.96 Å². The fraction of sp³-hybridized carbons (Fsp3) is 0.429. The van der Waals surface area contributed by atoms with E-state index in [9.17, 15) is 0 Å². The molecule has 0 aliphatic rings. The first-order chi connectivity index (χ1) is 9.60. The molecule has 2 aromatic rings. The summed E-state index contributed by atoms with van der Waals surface area (Å²) in [5.74, 6) is 0.816. The number of hydrogen-bond acceptors (Lipinski definition) is 4. The smallest absolute Gasteiger partial charge is 0.191 e. The van der Waals surface area contributed by atoms with Gasteiger partial charge in [0.05, 0.1) is 23.3 Å². The van der Waals surface area contributed by atoms with Crippen LogP contribution in [0.3, 0.4) is 0 Å². The molecular formula is C14H21IN4S2. The molecule has 0 radical (unpaired) electrons. The Labute approximate surface area is 151 Å². The van der Waals surface area contributed by atoms with Gasteiger partial charge in [-0.15, -0.1) is 46.7 Å². The molecule has 4 nitrogen and oxygen atoms in total. The number of nitrogens with one attached hydrogen (secondary N) is 2. The van der Waals surface area contributed by atoms with Crippen LogP contribution in [-0.4, -0.2) is 18.0 Å². The minimum absolute atomic E-state index is 0. The van der Waals surface area contributed by atoms with E-state index in [0.29, 0.717) is 0 Å². The summed E-state index contributed by atoms with van der Waals surface area (Å²) in [5.41, 5.74) is 1.10. The Balaban J connectivity index is 0.00000220. The van der Waals surface area contributed by atoms with Gasteiger partial charge in [-0.2, -0.15) is 0 Å². The van der Waals surface area contributed by atoms with Crippen LogP contribution in [-0.2, 0) is 6.54 Å². The van der Waals surface area contributed by atoms with Crippen molar-refractivity contribution in [1.82, 2.24) is 15.6 Å². The molecule has 1 atom stereocenters. The third-order valence-electron chi connectivity index (χ3n) is 2.96. The van der Waals surface area contributed by atoms with Gasteiger partial charge in [0.25, 0.3) is 0 Å². The molecule has 0 aliphatic carbocycles. The summed E-state index contributed by atoms with van der Waals surface area (Å²) in [6.07, 6.45) is 0. The van der Waals surface area contributed by atoms with Crippen molar-refractivity contribution < 1.29 is 0 Å². The quantitative estimate of drug-likeness (QED) is 0.435. The molecule has 7 heteroatoms. The molecule has 0 amide bonds. The number of rotatable bonds is 4. The maximum Gasteiger partial charge on any atom is 0.191 e. The molecule has 2 N–H and O–H groups in total. The second-order valence-corrected chi connectivity index (χ2v) is 6.82. The van der Waals surface area contributed by atoms with Crippen molar-refractivity contribution in [3.05, 3.63) is 38.0 Å². The molecule has 0 spiro atoms. The monoisotopic (exact) mass is 436 g/mol. The van der Waals surface area contributed by atoms with Gasteiger partial charge in [0.2, 0.25) is 0 Å². The van der Waals surface area contributed by atoms with Crippen molar-refractivity contribution in [3.8, 4) is 0 Å². The summed E-state index contributed by atoms with van der Waals surface area (Å²) in [7, 11) is 1.79. The number of halogens is 1. The topological polar surface area (TPSA) is 49.3 Å². The van der Waals surface area contributed by atoms with E-state index in [4.69, 9.17) is 0 Å². The van der Waals surface area contributed by atoms with Gasteiger partial charge in [-0.3, -0.25) is 4.99 Å². The van der Waals surface area contributed by atoms with Crippen LogP contribution in [0.25, 0.3) is 0 Å². The van der Waals surface area contributed by atoms with E-state index in [1.807, 2.05) is 13.8 Å². The Morgan fingerprint density at radius 2 is 2.19 bits per heavy atom. The zero-order valence-electron chi connectivity index (χ0n) is 12.6. The van der Waals surface area contributed by atoms with E-state index in [2.05, 4.69) is 45.0 Å². The highest BCUT2D eigenvalue weighted by atomic mass is 127. The highest BCUT2D eigenvalue weighted by Gasteiger charge is 2.10. The zero-order valence-corrected chi connectivity index (χ0v) is 16.6. The summed E-state index contributed by atoms with van der Waals surface area (Å²) in [5, 5.41) is 9.94. The van der Waals surface area contributed by atoms with E-state index < -0.39 is 0 Å². The molecule has 2 aromatic heterocycles. The number of aryl methyl sites for hydroxylation is 2. The number of thiazole rings is 1. The molecule has 0 aliphatic heterocycles. The van der Waals surface area contributed by atoms with E-state index in [-0.39, 0.29) is 30.0 Å². The average molecular weight is 436 g/mol. The lowest BCUT2D eigenvalue weighted by atomic mass is 10.3. The van der Waals surface area contributed by atoms with Crippen LogP contribution >= 0.6 is 46.7 Å². The lowest BCUT2D eigenvalue weighted by molar-refractivity contribution is 0.697. The Morgan fingerprint density at radius 3 is 2.71 bits per heavy atom. The standard InChI is InChI=1S/C14H20N4S2.HI/c1-9(12-6-5-7-19-12)18-14(15-4)16-8-13-10(2)17-11(3)20-13;/h5-7,9H,8H2,1-4H3,(H2,15,16,18);1H. The zero-order chi connectivity index (χ0) is 14.5. The van der Waals surface area contributed by atoms with Gasteiger partial charge < -0.3 is 10.6 Å². The molecule has 1 unspecified atom stereocenters. The van der Waals surface area contributed by atoms with Crippen molar-refractivity contribution >= 4 is 52.6 Å². The number of aromatic nitrogens is 1. The average Bonchev–Trinajstić information content (AvgIpc) is 3.04. The van der Waals surface area contributed by atoms with Gasteiger partial charge in [-0.25, -0.2) is 4.98 Å². The van der Waals surface area contributed by atoms with Crippen LogP contribution in [0, 0.1) is 13.8 Å². The van der Waals surface area contributed by atoms with E-state index in [0.717, 1.165) is 23.2 Å². The fourth-order valence-electron chi connectivity index (χ4n) is 1.91. The minimum atomic E-state index is 0.